The van der Waals surface area contributed by atoms with Crippen LogP contribution in [0, 0.1) is 11.3 Å². The van der Waals surface area contributed by atoms with Crippen LogP contribution in [-0.2, 0) is 17.4 Å². The van der Waals surface area contributed by atoms with E-state index in [2.05, 4.69) is 10.3 Å². The van der Waals surface area contributed by atoms with Crippen molar-refractivity contribution in [2.75, 3.05) is 35.3 Å². The van der Waals surface area contributed by atoms with Crippen LogP contribution >= 0.6 is 0 Å². The number of ether oxygens (including phenoxy) is 1. The number of fused-ring (bicyclic) bond motifs is 1. The molecule has 0 saturated carbocycles. The number of benzene rings is 1. The monoisotopic (exact) mass is 343 g/mol. The Morgan fingerprint density at radius 1 is 1.46 bits per heavy atom. The van der Waals surface area contributed by atoms with Crippen molar-refractivity contribution in [2.24, 2.45) is 0 Å². The largest absolute Gasteiger partial charge is 0.480 e. The van der Waals surface area contributed by atoms with Gasteiger partial charge in [0.05, 0.1) is 18.5 Å². The number of rotatable bonds is 4. The fourth-order valence-corrected chi connectivity index (χ4v) is 3.53. The minimum absolute atomic E-state index is 0.189. The van der Waals surface area contributed by atoms with Gasteiger partial charge in [-0.25, -0.2) is 4.21 Å². The molecule has 1 unspecified atom stereocenters. The van der Waals surface area contributed by atoms with E-state index in [-0.39, 0.29) is 11.4 Å². The number of nitrogens with two attached hydrogens (primary N) is 1. The van der Waals surface area contributed by atoms with Crippen LogP contribution in [0.2, 0.25) is 0 Å². The van der Waals surface area contributed by atoms with Crippen LogP contribution in [-0.4, -0.2) is 29.1 Å². The summed E-state index contributed by atoms with van der Waals surface area (Å²) in [7, 11) is 0.425. The summed E-state index contributed by atoms with van der Waals surface area (Å²) in [6, 6.07) is 9.42. The van der Waals surface area contributed by atoms with Crippen LogP contribution in [0.5, 0.6) is 5.88 Å². The van der Waals surface area contributed by atoms with E-state index in [1.807, 2.05) is 28.6 Å². The maximum atomic E-state index is 11.7. The molecule has 1 aliphatic heterocycles. The molecule has 1 aliphatic rings. The zero-order chi connectivity index (χ0) is 17.3. The molecule has 1 atom stereocenters. The summed E-state index contributed by atoms with van der Waals surface area (Å²) in [5.41, 5.74) is 9.37. The summed E-state index contributed by atoms with van der Waals surface area (Å²) < 4.78 is 18.7. The fourth-order valence-electron chi connectivity index (χ4n) is 2.73. The number of methoxy groups -OCH3 is 1. The predicted molar refractivity (Wildman–Crippen MR) is 94.8 cm³/mol. The number of nitrogen functional groups attached to an aromatic ring is 1. The Bertz CT molecular complexity index is 862. The normalized spacial score (nSPS) is 14.0. The molecule has 1 aromatic heterocycles. The SMILES string of the molecule is COc1nc(Nc2ccc3c(c2)CCN3S(C)=O)cc(N)c1C#N. The summed E-state index contributed by atoms with van der Waals surface area (Å²) in [6.45, 7) is 0.748. The Labute approximate surface area is 142 Å². The number of hydrogen-bond acceptors (Lipinski definition) is 6. The molecule has 0 bridgehead atoms. The van der Waals surface area contributed by atoms with Crippen molar-refractivity contribution in [1.29, 1.82) is 5.26 Å². The van der Waals surface area contributed by atoms with Crippen molar-refractivity contribution >= 4 is 33.9 Å². The van der Waals surface area contributed by atoms with Gasteiger partial charge in [-0.15, -0.1) is 0 Å². The minimum atomic E-state index is -1.02. The Kier molecular flexibility index (Phi) is 4.27. The molecule has 24 heavy (non-hydrogen) atoms. The summed E-state index contributed by atoms with van der Waals surface area (Å²) >= 11 is 0. The number of nitrogens with zero attached hydrogens (tertiary/aromatic N) is 3. The molecular weight excluding hydrogens is 326 g/mol. The van der Waals surface area contributed by atoms with Gasteiger partial charge in [0, 0.05) is 24.6 Å². The van der Waals surface area contributed by atoms with Gasteiger partial charge in [-0.3, -0.25) is 4.31 Å². The Balaban J connectivity index is 1.89. The molecule has 0 spiro atoms. The smallest absolute Gasteiger partial charge is 0.235 e. The number of anilines is 4. The summed E-state index contributed by atoms with van der Waals surface area (Å²) in [4.78, 5) is 4.26. The van der Waals surface area contributed by atoms with Crippen LogP contribution < -0.4 is 20.1 Å². The molecule has 3 rings (SSSR count). The first-order chi connectivity index (χ1) is 11.5. The molecule has 0 amide bonds. The van der Waals surface area contributed by atoms with E-state index in [9.17, 15) is 4.21 Å². The lowest BCUT2D eigenvalue weighted by Gasteiger charge is -2.16. The standard InChI is InChI=1S/C16H17N5O2S/c1-23-16-12(9-17)13(18)8-15(20-16)19-11-3-4-14-10(7-11)5-6-21(14)24(2)22/h3-4,7-8H,5-6H2,1-2H3,(H3,18,19,20). The maximum Gasteiger partial charge on any atom is 0.235 e. The van der Waals surface area contributed by atoms with Crippen LogP contribution in [0.1, 0.15) is 11.1 Å². The molecule has 0 saturated heterocycles. The highest BCUT2D eigenvalue weighted by Gasteiger charge is 2.21. The molecule has 2 heterocycles. The van der Waals surface area contributed by atoms with Crippen LogP contribution in [0.25, 0.3) is 0 Å². The van der Waals surface area contributed by atoms with Gasteiger partial charge in [0.25, 0.3) is 0 Å². The third kappa shape index (κ3) is 2.86. The molecule has 0 radical (unpaired) electrons. The van der Waals surface area contributed by atoms with E-state index in [0.717, 1.165) is 29.9 Å². The molecular formula is C16H17N5O2S. The lowest BCUT2D eigenvalue weighted by atomic mass is 10.1. The highest BCUT2D eigenvalue weighted by atomic mass is 32.2. The van der Waals surface area contributed by atoms with Crippen LogP contribution in [0.3, 0.4) is 0 Å². The predicted octanol–water partition coefficient (Wildman–Crippen LogP) is 1.94. The molecule has 3 N–H and O–H groups in total. The van der Waals surface area contributed by atoms with Crippen molar-refractivity contribution in [1.82, 2.24) is 4.98 Å². The van der Waals surface area contributed by atoms with Crippen molar-refractivity contribution in [2.45, 2.75) is 6.42 Å². The molecule has 0 fully saturated rings. The van der Waals surface area contributed by atoms with Crippen molar-refractivity contribution in [3.05, 3.63) is 35.4 Å². The first-order valence-corrected chi connectivity index (χ1v) is 8.80. The fraction of sp³-hybridized carbons (Fsp3) is 0.250. The van der Waals surface area contributed by atoms with Gasteiger partial charge >= 0.3 is 0 Å². The van der Waals surface area contributed by atoms with E-state index < -0.39 is 11.0 Å². The summed E-state index contributed by atoms with van der Waals surface area (Å²) in [5, 5.41) is 12.3. The van der Waals surface area contributed by atoms with Crippen molar-refractivity contribution in [3.8, 4) is 11.9 Å². The van der Waals surface area contributed by atoms with Crippen LogP contribution in [0.4, 0.5) is 22.9 Å². The van der Waals surface area contributed by atoms with Gasteiger partial charge in [-0.05, 0) is 30.2 Å². The first kappa shape index (κ1) is 16.1. The second-order valence-electron chi connectivity index (χ2n) is 5.34. The van der Waals surface area contributed by atoms with Crippen LogP contribution in [0.15, 0.2) is 24.3 Å². The highest BCUT2D eigenvalue weighted by Crippen LogP contribution is 2.33. The molecule has 1 aromatic carbocycles. The number of pyridine rings is 1. The topological polar surface area (TPSA) is 104 Å². The second-order valence-corrected chi connectivity index (χ2v) is 6.63. The quantitative estimate of drug-likeness (QED) is 0.879. The van der Waals surface area contributed by atoms with E-state index >= 15 is 0 Å². The zero-order valence-electron chi connectivity index (χ0n) is 13.4. The molecule has 8 heteroatoms. The Morgan fingerprint density at radius 2 is 2.25 bits per heavy atom. The minimum Gasteiger partial charge on any atom is -0.480 e. The van der Waals surface area contributed by atoms with E-state index in [1.54, 1.807) is 12.3 Å². The van der Waals surface area contributed by atoms with E-state index in [0.29, 0.717) is 11.5 Å². The highest BCUT2D eigenvalue weighted by molar-refractivity contribution is 7.85. The molecule has 124 valence electrons. The maximum absolute atomic E-state index is 11.7. The average molecular weight is 343 g/mol. The first-order valence-electron chi connectivity index (χ1n) is 7.29. The van der Waals surface area contributed by atoms with Crippen molar-refractivity contribution < 1.29 is 8.95 Å². The van der Waals surface area contributed by atoms with Crippen molar-refractivity contribution in [3.63, 3.8) is 0 Å². The van der Waals surface area contributed by atoms with E-state index in [1.165, 1.54) is 7.11 Å². The molecule has 0 aliphatic carbocycles. The third-order valence-corrected chi connectivity index (χ3v) is 4.84. The Hall–Kier alpha value is -2.79. The zero-order valence-corrected chi connectivity index (χ0v) is 14.2. The van der Waals surface area contributed by atoms with Gasteiger partial charge < -0.3 is 15.8 Å². The average Bonchev–Trinajstić information content (AvgIpc) is 2.97. The van der Waals surface area contributed by atoms with Gasteiger partial charge in [-0.2, -0.15) is 10.2 Å². The Morgan fingerprint density at radius 3 is 2.92 bits per heavy atom. The van der Waals surface area contributed by atoms with Gasteiger partial charge in [0.2, 0.25) is 5.88 Å². The van der Waals surface area contributed by atoms with Gasteiger partial charge in [0.1, 0.15) is 28.4 Å². The lowest BCUT2D eigenvalue weighted by molar-refractivity contribution is 0.397. The molecule has 7 nitrogen and oxygen atoms in total. The summed E-state index contributed by atoms with van der Waals surface area (Å²) in [5.74, 6) is 0.686. The summed E-state index contributed by atoms with van der Waals surface area (Å²) in [6.07, 6.45) is 2.52. The number of hydrogen-bond donors (Lipinski definition) is 2. The van der Waals surface area contributed by atoms with Gasteiger partial charge in [0.15, 0.2) is 0 Å². The lowest BCUT2D eigenvalue weighted by Crippen LogP contribution is -2.21. The van der Waals surface area contributed by atoms with Gasteiger partial charge in [-0.1, -0.05) is 0 Å². The third-order valence-electron chi connectivity index (χ3n) is 3.84. The molecule has 2 aromatic rings. The second kappa shape index (κ2) is 6.37. The number of nitrogens with one attached hydrogen (secondary N) is 1. The number of aromatic nitrogens is 1. The van der Waals surface area contributed by atoms with E-state index in [4.69, 9.17) is 15.7 Å². The number of nitriles is 1.